The fraction of sp³-hybridized carbons (Fsp3) is 0.455. The van der Waals surface area contributed by atoms with Gasteiger partial charge in [0.05, 0.1) is 17.0 Å². The molecule has 3 aromatic rings. The first-order valence-electron chi connectivity index (χ1n) is 10.1. The molecule has 6 nitrogen and oxygen atoms in total. The molecule has 156 valence electrons. The van der Waals surface area contributed by atoms with Crippen molar-refractivity contribution in [1.29, 1.82) is 0 Å². The molecular formula is C22H23F2N5O. The minimum atomic E-state index is -0.632. The number of aromatic nitrogens is 4. The third-order valence-corrected chi connectivity index (χ3v) is 7.18. The molecule has 2 aliphatic rings. The largest absolute Gasteiger partial charge is 0.408 e. The highest BCUT2D eigenvalue weighted by Gasteiger charge is 2.63. The molecule has 0 aliphatic heterocycles. The first-order valence-corrected chi connectivity index (χ1v) is 10.1. The molecule has 1 saturated carbocycles. The van der Waals surface area contributed by atoms with Crippen molar-refractivity contribution in [3.8, 4) is 11.3 Å². The van der Waals surface area contributed by atoms with Gasteiger partial charge < -0.3 is 9.32 Å². The van der Waals surface area contributed by atoms with Gasteiger partial charge in [0.15, 0.2) is 0 Å². The van der Waals surface area contributed by atoms with Crippen molar-refractivity contribution in [3.63, 3.8) is 0 Å². The zero-order valence-corrected chi connectivity index (χ0v) is 17.4. The summed E-state index contributed by atoms with van der Waals surface area (Å²) in [5, 5.41) is 16.9. The average molecular weight is 411 g/mol. The summed E-state index contributed by atoms with van der Waals surface area (Å²) >= 11 is 0. The van der Waals surface area contributed by atoms with Gasteiger partial charge in [0.25, 0.3) is 0 Å². The number of likely N-dealkylation sites (N-methyl/N-ethyl adjacent to an activating group) is 1. The number of aryl methyl sites for hydroxylation is 1. The van der Waals surface area contributed by atoms with E-state index in [0.717, 1.165) is 24.1 Å². The first-order chi connectivity index (χ1) is 14.2. The van der Waals surface area contributed by atoms with Gasteiger partial charge in [-0.1, -0.05) is 25.0 Å². The van der Waals surface area contributed by atoms with E-state index in [0.29, 0.717) is 18.5 Å². The van der Waals surface area contributed by atoms with Crippen LogP contribution in [0, 0.1) is 24.0 Å². The predicted octanol–water partition coefficient (Wildman–Crippen LogP) is 4.40. The quantitative estimate of drug-likeness (QED) is 0.634. The fourth-order valence-corrected chi connectivity index (χ4v) is 5.55. The van der Waals surface area contributed by atoms with Crippen LogP contribution in [0.3, 0.4) is 0 Å². The van der Waals surface area contributed by atoms with Crippen LogP contribution >= 0.6 is 0 Å². The van der Waals surface area contributed by atoms with Gasteiger partial charge in [-0.3, -0.25) is 0 Å². The summed E-state index contributed by atoms with van der Waals surface area (Å²) in [6.07, 6.45) is 1.94. The van der Waals surface area contributed by atoms with Crippen LogP contribution in [0.2, 0.25) is 0 Å². The third kappa shape index (κ3) is 2.45. The Morgan fingerprint density at radius 2 is 1.87 bits per heavy atom. The molecule has 0 amide bonds. The van der Waals surface area contributed by atoms with E-state index < -0.39 is 11.6 Å². The lowest BCUT2D eigenvalue weighted by atomic mass is 9.68. The predicted molar refractivity (Wildman–Crippen MR) is 107 cm³/mol. The van der Waals surface area contributed by atoms with Crippen LogP contribution in [0.25, 0.3) is 11.3 Å². The number of hydrogen-bond acceptors (Lipinski definition) is 6. The second-order valence-electron chi connectivity index (χ2n) is 8.98. The van der Waals surface area contributed by atoms with Crippen LogP contribution in [-0.4, -0.2) is 34.0 Å². The van der Waals surface area contributed by atoms with Crippen LogP contribution < -0.4 is 4.90 Å². The van der Waals surface area contributed by atoms with E-state index in [4.69, 9.17) is 4.42 Å². The standard InChI is InChI=1S/C22H23F2N5O/c1-12-25-28-20(30-12)29(4)11-22-9-8-14(21(22,2)3)13-10-17(26-27-19(13)22)18-15(23)6-5-7-16(18)24/h5-7,10,14H,8-9,11H2,1-4H3/t14-,22-/m0/s1. The van der Waals surface area contributed by atoms with Crippen LogP contribution in [0.15, 0.2) is 28.7 Å². The van der Waals surface area contributed by atoms with E-state index in [-0.39, 0.29) is 28.0 Å². The maximum atomic E-state index is 14.3. The number of nitrogens with zero attached hydrogens (tertiary/aromatic N) is 5. The van der Waals surface area contributed by atoms with Gasteiger partial charge in [0.2, 0.25) is 5.89 Å². The molecule has 0 radical (unpaired) electrons. The van der Waals surface area contributed by atoms with Crippen molar-refractivity contribution in [2.75, 3.05) is 18.5 Å². The van der Waals surface area contributed by atoms with Crippen LogP contribution in [0.5, 0.6) is 0 Å². The lowest BCUT2D eigenvalue weighted by molar-refractivity contribution is 0.208. The van der Waals surface area contributed by atoms with Crippen molar-refractivity contribution < 1.29 is 13.2 Å². The van der Waals surface area contributed by atoms with E-state index >= 15 is 0 Å². The molecular weight excluding hydrogens is 388 g/mol. The molecule has 1 fully saturated rings. The highest BCUT2D eigenvalue weighted by molar-refractivity contribution is 5.63. The van der Waals surface area contributed by atoms with E-state index in [1.165, 1.54) is 18.2 Å². The molecule has 2 bridgehead atoms. The Kier molecular flexibility index (Phi) is 4.01. The van der Waals surface area contributed by atoms with Crippen molar-refractivity contribution in [1.82, 2.24) is 20.4 Å². The van der Waals surface area contributed by atoms with Crippen molar-refractivity contribution in [2.45, 2.75) is 44.9 Å². The second-order valence-corrected chi connectivity index (χ2v) is 8.98. The second kappa shape index (κ2) is 6.30. The van der Waals surface area contributed by atoms with Gasteiger partial charge in [-0.05, 0) is 47.9 Å². The summed E-state index contributed by atoms with van der Waals surface area (Å²) in [5.41, 5.74) is 1.70. The van der Waals surface area contributed by atoms with Gasteiger partial charge in [-0.15, -0.1) is 5.10 Å². The zero-order valence-electron chi connectivity index (χ0n) is 17.4. The third-order valence-electron chi connectivity index (χ3n) is 7.18. The number of rotatable bonds is 4. The SMILES string of the molecule is Cc1nnc(N(C)C[C@@]23CC[C@@H](c4cc(-c5c(F)cccc5F)nnc42)C3(C)C)o1. The van der Waals surface area contributed by atoms with Crippen molar-refractivity contribution in [3.05, 3.63) is 53.0 Å². The molecule has 2 aromatic heterocycles. The highest BCUT2D eigenvalue weighted by Crippen LogP contribution is 2.67. The smallest absolute Gasteiger partial charge is 0.317 e. The highest BCUT2D eigenvalue weighted by atomic mass is 19.1. The molecule has 1 aromatic carbocycles. The zero-order chi connectivity index (χ0) is 21.3. The molecule has 8 heteroatoms. The van der Waals surface area contributed by atoms with E-state index in [1.807, 2.05) is 18.0 Å². The maximum absolute atomic E-state index is 14.3. The maximum Gasteiger partial charge on any atom is 0.317 e. The number of fused-ring (bicyclic) bond motifs is 5. The number of benzene rings is 1. The molecule has 0 N–H and O–H groups in total. The molecule has 2 aliphatic carbocycles. The average Bonchev–Trinajstić information content (AvgIpc) is 3.28. The first kappa shape index (κ1) is 19.1. The normalized spacial score (nSPS) is 23.6. The Morgan fingerprint density at radius 1 is 1.13 bits per heavy atom. The number of hydrogen-bond donors (Lipinski definition) is 0. The Bertz CT molecular complexity index is 1120. The van der Waals surface area contributed by atoms with Crippen molar-refractivity contribution >= 4 is 6.01 Å². The lowest BCUT2D eigenvalue weighted by Gasteiger charge is -2.40. The summed E-state index contributed by atoms with van der Waals surface area (Å²) in [6.45, 7) is 6.89. The van der Waals surface area contributed by atoms with Gasteiger partial charge in [-0.25, -0.2) is 8.78 Å². The Hall–Kier alpha value is -2.90. The monoisotopic (exact) mass is 411 g/mol. The van der Waals surface area contributed by atoms with Gasteiger partial charge >= 0.3 is 6.01 Å². The van der Waals surface area contributed by atoms with Crippen LogP contribution in [0.4, 0.5) is 14.8 Å². The molecule has 30 heavy (non-hydrogen) atoms. The molecule has 2 heterocycles. The van der Waals surface area contributed by atoms with E-state index in [9.17, 15) is 8.78 Å². The number of anilines is 1. The van der Waals surface area contributed by atoms with E-state index in [2.05, 4.69) is 34.2 Å². The molecule has 0 saturated heterocycles. The summed E-state index contributed by atoms with van der Waals surface area (Å²) in [4.78, 5) is 1.96. The molecule has 0 unspecified atom stereocenters. The summed E-state index contributed by atoms with van der Waals surface area (Å²) in [6, 6.07) is 6.13. The lowest BCUT2D eigenvalue weighted by Crippen LogP contribution is -2.45. The summed E-state index contributed by atoms with van der Waals surface area (Å²) in [7, 11) is 1.93. The van der Waals surface area contributed by atoms with Gasteiger partial charge in [0, 0.05) is 25.9 Å². The fourth-order valence-electron chi connectivity index (χ4n) is 5.55. The summed E-state index contributed by atoms with van der Waals surface area (Å²) < 4.78 is 34.3. The molecule has 5 rings (SSSR count). The van der Waals surface area contributed by atoms with Gasteiger partial charge in [-0.2, -0.15) is 10.2 Å². The molecule has 2 atom stereocenters. The van der Waals surface area contributed by atoms with Crippen molar-refractivity contribution in [2.24, 2.45) is 5.41 Å². The minimum Gasteiger partial charge on any atom is -0.408 e. The van der Waals surface area contributed by atoms with Gasteiger partial charge in [0.1, 0.15) is 11.6 Å². The van der Waals surface area contributed by atoms with E-state index in [1.54, 1.807) is 6.92 Å². The molecule has 0 spiro atoms. The number of halogens is 2. The minimum absolute atomic E-state index is 0.0975. The van der Waals surface area contributed by atoms with Crippen LogP contribution in [0.1, 0.15) is 49.8 Å². The Balaban J connectivity index is 1.59. The Morgan fingerprint density at radius 3 is 2.53 bits per heavy atom. The summed E-state index contributed by atoms with van der Waals surface area (Å²) in [5.74, 6) is -0.503. The Labute approximate surface area is 173 Å². The topological polar surface area (TPSA) is 67.9 Å². The van der Waals surface area contributed by atoms with Crippen LogP contribution in [-0.2, 0) is 5.41 Å².